The monoisotopic (exact) mass is 196 g/mol. The Morgan fingerprint density at radius 1 is 0.875 bits per heavy atom. The molecule has 0 radical (unpaired) electrons. The molecule has 7 nitrogen and oxygen atoms in total. The maximum atomic E-state index is 8.94. The van der Waals surface area contributed by atoms with Crippen molar-refractivity contribution in [2.75, 3.05) is 0 Å². The molecule has 0 rings (SSSR count). The van der Waals surface area contributed by atoms with Crippen LogP contribution < -0.4 is 18.5 Å². The maximum Gasteiger partial charge on any atom is -0.369 e. The average Bonchev–Trinajstić information content (AvgIpc) is 0.722. The molecule has 0 aliphatic heterocycles. The fraction of sp³-hybridized carbons (Fsp3) is 0. The Balaban J connectivity index is -0.0000000267. The van der Waals surface area contributed by atoms with Gasteiger partial charge in [0.15, 0.2) is 0 Å². The summed E-state index contributed by atoms with van der Waals surface area (Å²) in [4.78, 5) is 0. The second-order valence-electron chi connectivity index (χ2n) is 0.513. The third kappa shape index (κ3) is 11400. The van der Waals surface area contributed by atoms with Gasteiger partial charge in [0.05, 0.1) is 0 Å². The van der Waals surface area contributed by atoms with Gasteiger partial charge in [-0.15, -0.1) is 0 Å². The first kappa shape index (κ1) is 24.3. The summed E-state index contributed by atoms with van der Waals surface area (Å²) in [6, 6.07) is 0. The number of hydrogen-bond donors (Lipinski definition) is 6. The molecular formula is H15AsN3O4+3. The van der Waals surface area contributed by atoms with Crippen molar-refractivity contribution in [2.24, 2.45) is 0 Å². The van der Waals surface area contributed by atoms with Crippen LogP contribution in [-0.4, -0.2) is 26.8 Å². The van der Waals surface area contributed by atoms with E-state index in [1.165, 1.54) is 0 Å². The first-order chi connectivity index (χ1) is 2.00. The molecule has 0 fully saturated rings. The van der Waals surface area contributed by atoms with Gasteiger partial charge in [0.1, 0.15) is 0 Å². The molecule has 0 bridgehead atoms. The minimum atomic E-state index is -5.12. The zero-order chi connectivity index (χ0) is 4.50. The van der Waals surface area contributed by atoms with Crippen LogP contribution in [0.15, 0.2) is 0 Å². The molecular weight excluding hydrogens is 181 g/mol. The minimum absolute atomic E-state index is 0. The van der Waals surface area contributed by atoms with Crippen molar-refractivity contribution in [3.63, 3.8) is 0 Å². The summed E-state index contributed by atoms with van der Waals surface area (Å²) < 4.78 is 30.7. The zero-order valence-electron chi connectivity index (χ0n) is 5.20. The van der Waals surface area contributed by atoms with E-state index in [4.69, 9.17) is 16.0 Å². The van der Waals surface area contributed by atoms with E-state index in [0.29, 0.717) is 0 Å². The Morgan fingerprint density at radius 3 is 0.875 bits per heavy atom. The molecule has 0 spiro atoms. The second-order valence-corrected chi connectivity index (χ2v) is 2.67. The molecule has 0 atom stereocenters. The molecule has 56 valence electrons. The average molecular weight is 196 g/mol. The number of hydrogen-bond acceptors (Lipinski definition) is 1. The summed E-state index contributed by atoms with van der Waals surface area (Å²) >= 11 is -5.12. The first-order valence-electron chi connectivity index (χ1n) is 0.783. The van der Waals surface area contributed by atoms with Crippen molar-refractivity contribution in [1.82, 2.24) is 18.5 Å². The molecule has 0 heterocycles. The Bertz CT molecular complexity index is 57.4. The molecule has 0 aromatic heterocycles. The van der Waals surface area contributed by atoms with Crippen LogP contribution in [0.3, 0.4) is 0 Å². The molecule has 0 saturated carbocycles. The Labute approximate surface area is 49.8 Å². The van der Waals surface area contributed by atoms with Crippen LogP contribution in [0.2, 0.25) is 0 Å². The Kier molecular flexibility index (Phi) is 21.6. The van der Waals surface area contributed by atoms with Crippen LogP contribution in [0.4, 0.5) is 0 Å². The zero-order valence-corrected chi connectivity index (χ0v) is 7.07. The maximum absolute atomic E-state index is 8.94. The topological polar surface area (TPSA) is 187 Å². The summed E-state index contributed by atoms with van der Waals surface area (Å²) in [5.74, 6) is 0. The molecule has 0 saturated heterocycles. The van der Waals surface area contributed by atoms with Gasteiger partial charge in [-0.1, -0.05) is 0 Å². The SMILES string of the molecule is O=[As](O)(O)O.[NH4+].[NH4+].[NH4+]. The number of rotatable bonds is 0. The van der Waals surface area contributed by atoms with Crippen LogP contribution in [0.25, 0.3) is 0 Å². The van der Waals surface area contributed by atoms with E-state index in [0.717, 1.165) is 0 Å². The first-order valence-corrected chi connectivity index (χ1v) is 4.07. The Morgan fingerprint density at radius 2 is 0.875 bits per heavy atom. The van der Waals surface area contributed by atoms with Crippen LogP contribution in [0, 0.1) is 0 Å². The van der Waals surface area contributed by atoms with Crippen LogP contribution in [0.1, 0.15) is 0 Å². The van der Waals surface area contributed by atoms with Crippen molar-refractivity contribution in [3.05, 3.63) is 0 Å². The predicted octanol–water partition coefficient (Wildman–Crippen LogP) is -1.04. The smallest absolute Gasteiger partial charge is 0.369 e. The summed E-state index contributed by atoms with van der Waals surface area (Å²) in [5.41, 5.74) is 0. The summed E-state index contributed by atoms with van der Waals surface area (Å²) in [7, 11) is 0. The van der Waals surface area contributed by atoms with Gasteiger partial charge in [-0.25, -0.2) is 0 Å². The van der Waals surface area contributed by atoms with E-state index in [1.54, 1.807) is 0 Å². The van der Waals surface area contributed by atoms with Gasteiger partial charge < -0.3 is 18.5 Å². The third-order valence-corrected chi connectivity index (χ3v) is 0. The quantitative estimate of drug-likeness (QED) is 0.270. The van der Waals surface area contributed by atoms with Gasteiger partial charge >= 0.3 is 30.5 Å². The van der Waals surface area contributed by atoms with Gasteiger partial charge in [0, 0.05) is 0 Å². The molecule has 0 aliphatic carbocycles. The van der Waals surface area contributed by atoms with E-state index in [2.05, 4.69) is 0 Å². The van der Waals surface area contributed by atoms with Crippen LogP contribution in [-0.2, 0) is 3.74 Å². The van der Waals surface area contributed by atoms with Crippen molar-refractivity contribution in [1.29, 1.82) is 0 Å². The molecule has 0 aromatic carbocycles. The standard InChI is InChI=1S/AsH3O4.3H3N/c2-1(3,4)5;;;/h(H3,2,3,4,5);3*1H3/p+3. The Hall–Kier alpha value is 0.118. The van der Waals surface area contributed by atoms with Crippen molar-refractivity contribution in [2.45, 2.75) is 0 Å². The minimum Gasteiger partial charge on any atom is -0.369 e. The molecule has 0 amide bonds. The van der Waals surface area contributed by atoms with E-state index in [1.807, 2.05) is 0 Å². The fourth-order valence-electron chi connectivity index (χ4n) is 0. The van der Waals surface area contributed by atoms with Gasteiger partial charge in [-0.3, -0.25) is 0 Å². The van der Waals surface area contributed by atoms with Gasteiger partial charge in [0.2, 0.25) is 0 Å². The molecule has 8 heavy (non-hydrogen) atoms. The van der Waals surface area contributed by atoms with E-state index >= 15 is 0 Å². The predicted molar refractivity (Wildman–Crippen MR) is 31.1 cm³/mol. The van der Waals surface area contributed by atoms with Crippen LogP contribution in [0.5, 0.6) is 0 Å². The summed E-state index contributed by atoms with van der Waals surface area (Å²) in [5, 5.41) is 0. The summed E-state index contributed by atoms with van der Waals surface area (Å²) in [6.07, 6.45) is 0. The number of quaternary nitrogens is 3. The molecule has 8 heteroatoms. The van der Waals surface area contributed by atoms with Crippen molar-refractivity contribution in [3.8, 4) is 0 Å². The van der Waals surface area contributed by atoms with Crippen LogP contribution >= 0.6 is 0 Å². The fourth-order valence-corrected chi connectivity index (χ4v) is 0. The largest absolute Gasteiger partial charge is 0.369 e. The van der Waals surface area contributed by atoms with Gasteiger partial charge in [-0.05, 0) is 0 Å². The second kappa shape index (κ2) is 7.12. The van der Waals surface area contributed by atoms with Crippen molar-refractivity contribution < 1.29 is 16.0 Å². The molecule has 15 N–H and O–H groups in total. The van der Waals surface area contributed by atoms with Gasteiger partial charge in [0.25, 0.3) is 0 Å². The summed E-state index contributed by atoms with van der Waals surface area (Å²) in [6.45, 7) is 0. The van der Waals surface area contributed by atoms with Gasteiger partial charge in [-0.2, -0.15) is 0 Å². The molecule has 0 aromatic rings. The van der Waals surface area contributed by atoms with Crippen molar-refractivity contribution >= 4 is 14.5 Å². The van der Waals surface area contributed by atoms with E-state index in [9.17, 15) is 0 Å². The van der Waals surface area contributed by atoms with E-state index < -0.39 is 14.5 Å². The molecule has 0 unspecified atom stereocenters. The molecule has 0 aliphatic rings. The normalized spacial score (nSPS) is 7.38. The third-order valence-electron chi connectivity index (χ3n) is 0. The van der Waals surface area contributed by atoms with E-state index in [-0.39, 0.29) is 18.5 Å².